The number of para-hydroxylation sites is 1. The minimum atomic E-state index is -0.939. The number of carboxylic acid groups (broad SMARTS) is 1. The third-order valence-corrected chi connectivity index (χ3v) is 5.83. The Labute approximate surface area is 155 Å². The Morgan fingerprint density at radius 3 is 3.00 bits per heavy atom. The third-order valence-electron chi connectivity index (χ3n) is 4.69. The van der Waals surface area contributed by atoms with Crippen LogP contribution in [0.3, 0.4) is 0 Å². The van der Waals surface area contributed by atoms with Gasteiger partial charge in [-0.25, -0.2) is 9.78 Å². The highest BCUT2D eigenvalue weighted by molar-refractivity contribution is 7.18. The Kier molecular flexibility index (Phi) is 4.86. The number of carboxylic acids is 1. The van der Waals surface area contributed by atoms with Crippen LogP contribution < -0.4 is 4.74 Å². The van der Waals surface area contributed by atoms with E-state index in [4.69, 9.17) is 14.8 Å². The maximum Gasteiger partial charge on any atom is 0.335 e. The molecule has 0 radical (unpaired) electrons. The number of nitrogens with zero attached hydrogens (tertiary/aromatic N) is 2. The van der Waals surface area contributed by atoms with E-state index < -0.39 is 5.97 Å². The van der Waals surface area contributed by atoms with Crippen molar-refractivity contribution in [3.8, 4) is 5.75 Å². The molecule has 1 aliphatic rings. The summed E-state index contributed by atoms with van der Waals surface area (Å²) < 4.78 is 7.01. The summed E-state index contributed by atoms with van der Waals surface area (Å²) in [7, 11) is 0. The van der Waals surface area contributed by atoms with E-state index in [0.29, 0.717) is 18.4 Å². The van der Waals surface area contributed by atoms with Gasteiger partial charge in [0.2, 0.25) is 0 Å². The number of thiazole rings is 1. The van der Waals surface area contributed by atoms with Gasteiger partial charge in [0.05, 0.1) is 21.8 Å². The van der Waals surface area contributed by atoms with Crippen molar-refractivity contribution in [1.29, 1.82) is 0 Å². The van der Waals surface area contributed by atoms with Crippen LogP contribution in [-0.2, 0) is 0 Å². The summed E-state index contributed by atoms with van der Waals surface area (Å²) in [5.41, 5.74) is 1.32. The minimum Gasteiger partial charge on any atom is -0.492 e. The minimum absolute atomic E-state index is 0.246. The average Bonchev–Trinajstić information content (AvgIpc) is 3.28. The molecule has 1 aliphatic heterocycles. The van der Waals surface area contributed by atoms with Crippen LogP contribution in [0, 0.1) is 0 Å². The van der Waals surface area contributed by atoms with Crippen molar-refractivity contribution in [2.24, 2.45) is 0 Å². The average molecular weight is 368 g/mol. The van der Waals surface area contributed by atoms with Crippen LogP contribution in [0.4, 0.5) is 0 Å². The Balaban J connectivity index is 1.39. The first-order valence-corrected chi connectivity index (χ1v) is 9.58. The molecular formula is C20H20N2O3S. The lowest BCUT2D eigenvalue weighted by atomic mass is 10.2. The largest absolute Gasteiger partial charge is 0.492 e. The van der Waals surface area contributed by atoms with Gasteiger partial charge in [-0.3, -0.25) is 4.90 Å². The van der Waals surface area contributed by atoms with Gasteiger partial charge in [0.25, 0.3) is 0 Å². The van der Waals surface area contributed by atoms with Crippen molar-refractivity contribution >= 4 is 27.5 Å². The van der Waals surface area contributed by atoms with Crippen LogP contribution in [0.25, 0.3) is 10.2 Å². The summed E-state index contributed by atoms with van der Waals surface area (Å²) in [5.74, 6) is -0.341. The van der Waals surface area contributed by atoms with Crippen LogP contribution in [0.15, 0.2) is 48.5 Å². The summed E-state index contributed by atoms with van der Waals surface area (Å²) in [4.78, 5) is 18.3. The van der Waals surface area contributed by atoms with Crippen molar-refractivity contribution in [1.82, 2.24) is 9.88 Å². The van der Waals surface area contributed by atoms with Gasteiger partial charge in [0.1, 0.15) is 17.4 Å². The second-order valence-electron chi connectivity index (χ2n) is 6.40. The van der Waals surface area contributed by atoms with E-state index in [9.17, 15) is 4.79 Å². The van der Waals surface area contributed by atoms with Crippen LogP contribution in [0.1, 0.15) is 34.2 Å². The molecule has 3 aromatic rings. The zero-order valence-corrected chi connectivity index (χ0v) is 15.1. The van der Waals surface area contributed by atoms with Crippen molar-refractivity contribution in [2.45, 2.75) is 18.9 Å². The van der Waals surface area contributed by atoms with Crippen LogP contribution in [0.2, 0.25) is 0 Å². The highest BCUT2D eigenvalue weighted by Crippen LogP contribution is 2.36. The van der Waals surface area contributed by atoms with Gasteiger partial charge in [-0.2, -0.15) is 0 Å². The first kappa shape index (κ1) is 17.0. The fraction of sp³-hybridized carbons (Fsp3) is 0.300. The van der Waals surface area contributed by atoms with E-state index in [0.717, 1.165) is 31.4 Å². The van der Waals surface area contributed by atoms with Gasteiger partial charge in [0, 0.05) is 6.54 Å². The third kappa shape index (κ3) is 3.57. The zero-order chi connectivity index (χ0) is 17.9. The number of fused-ring (bicyclic) bond motifs is 1. The molecule has 1 N–H and O–H groups in total. The molecule has 0 spiro atoms. The van der Waals surface area contributed by atoms with Gasteiger partial charge in [0.15, 0.2) is 0 Å². The maximum absolute atomic E-state index is 11.0. The molecule has 0 amide bonds. The summed E-state index contributed by atoms with van der Waals surface area (Å²) in [6.07, 6.45) is 2.28. The molecular weight excluding hydrogens is 348 g/mol. The molecule has 5 nitrogen and oxygen atoms in total. The number of rotatable bonds is 6. The number of likely N-dealkylation sites (tertiary alicyclic amines) is 1. The molecule has 0 saturated carbocycles. The molecule has 1 saturated heterocycles. The summed E-state index contributed by atoms with van der Waals surface area (Å²) in [6, 6.07) is 15.2. The molecule has 134 valence electrons. The SMILES string of the molecule is O=C(O)c1cccc(OCCN2CCCC2c2nc3ccccc3s2)c1. The molecule has 26 heavy (non-hydrogen) atoms. The monoisotopic (exact) mass is 368 g/mol. The summed E-state index contributed by atoms with van der Waals surface area (Å²) in [5, 5.41) is 10.2. The van der Waals surface area contributed by atoms with E-state index >= 15 is 0 Å². The lowest BCUT2D eigenvalue weighted by Crippen LogP contribution is -2.28. The first-order chi connectivity index (χ1) is 12.7. The van der Waals surface area contributed by atoms with Crippen molar-refractivity contribution in [3.63, 3.8) is 0 Å². The molecule has 2 aromatic carbocycles. The number of aromatic carboxylic acids is 1. The number of ether oxygens (including phenoxy) is 1. The predicted octanol–water partition coefficient (Wildman–Crippen LogP) is 4.21. The van der Waals surface area contributed by atoms with E-state index in [2.05, 4.69) is 23.1 Å². The Bertz CT molecular complexity index is 891. The Morgan fingerprint density at radius 1 is 1.27 bits per heavy atom. The van der Waals surface area contributed by atoms with E-state index in [-0.39, 0.29) is 5.56 Å². The van der Waals surface area contributed by atoms with Gasteiger partial charge in [-0.15, -0.1) is 11.3 Å². The molecule has 6 heteroatoms. The van der Waals surface area contributed by atoms with Crippen molar-refractivity contribution < 1.29 is 14.6 Å². The number of benzene rings is 2. The van der Waals surface area contributed by atoms with Gasteiger partial charge >= 0.3 is 5.97 Å². The van der Waals surface area contributed by atoms with Crippen LogP contribution in [-0.4, -0.2) is 40.7 Å². The molecule has 1 atom stereocenters. The molecule has 1 fully saturated rings. The zero-order valence-electron chi connectivity index (χ0n) is 14.3. The molecule has 4 rings (SSSR count). The summed E-state index contributed by atoms with van der Waals surface area (Å²) >= 11 is 1.77. The normalized spacial score (nSPS) is 17.6. The molecule has 0 aliphatic carbocycles. The van der Waals surface area contributed by atoms with Crippen LogP contribution >= 0.6 is 11.3 Å². The van der Waals surface area contributed by atoms with Crippen molar-refractivity contribution in [2.75, 3.05) is 19.7 Å². The lowest BCUT2D eigenvalue weighted by molar-refractivity contribution is 0.0696. The highest BCUT2D eigenvalue weighted by atomic mass is 32.1. The van der Waals surface area contributed by atoms with E-state index in [1.54, 1.807) is 35.6 Å². The fourth-order valence-corrected chi connectivity index (χ4v) is 4.54. The van der Waals surface area contributed by atoms with E-state index in [1.807, 2.05) is 6.07 Å². The smallest absolute Gasteiger partial charge is 0.335 e. The first-order valence-electron chi connectivity index (χ1n) is 8.76. The van der Waals surface area contributed by atoms with Crippen LogP contribution in [0.5, 0.6) is 5.75 Å². The highest BCUT2D eigenvalue weighted by Gasteiger charge is 2.28. The van der Waals surface area contributed by atoms with Gasteiger partial charge in [-0.05, 0) is 49.7 Å². The standard InChI is InChI=1S/C20H20N2O3S/c23-20(24)14-5-3-6-15(13-14)25-12-11-22-10-4-8-17(22)19-21-16-7-1-2-9-18(16)26-19/h1-3,5-7,9,13,17H,4,8,10-12H2,(H,23,24). The molecule has 1 aromatic heterocycles. The van der Waals surface area contributed by atoms with E-state index in [1.165, 1.54) is 9.71 Å². The molecule has 2 heterocycles. The second kappa shape index (κ2) is 7.43. The molecule has 0 bridgehead atoms. The fourth-order valence-electron chi connectivity index (χ4n) is 3.41. The number of hydrogen-bond acceptors (Lipinski definition) is 5. The number of aromatic nitrogens is 1. The number of hydrogen-bond donors (Lipinski definition) is 1. The summed E-state index contributed by atoms with van der Waals surface area (Å²) in [6.45, 7) is 2.38. The predicted molar refractivity (Wildman–Crippen MR) is 102 cm³/mol. The van der Waals surface area contributed by atoms with Crippen molar-refractivity contribution in [3.05, 3.63) is 59.1 Å². The molecule has 1 unspecified atom stereocenters. The number of carbonyl (C=O) groups is 1. The Morgan fingerprint density at radius 2 is 2.15 bits per heavy atom. The topological polar surface area (TPSA) is 62.7 Å². The maximum atomic E-state index is 11.0. The second-order valence-corrected chi connectivity index (χ2v) is 7.46. The Hall–Kier alpha value is -2.44. The quantitative estimate of drug-likeness (QED) is 0.706. The van der Waals surface area contributed by atoms with Gasteiger partial charge < -0.3 is 9.84 Å². The lowest BCUT2D eigenvalue weighted by Gasteiger charge is -2.22. The van der Waals surface area contributed by atoms with Gasteiger partial charge in [-0.1, -0.05) is 18.2 Å².